The summed E-state index contributed by atoms with van der Waals surface area (Å²) in [6.07, 6.45) is 5.44. The number of aromatic nitrogens is 15. The van der Waals surface area contributed by atoms with E-state index in [1.165, 1.54) is 50.3 Å². The molecule has 29 heteroatoms. The average Bonchev–Trinajstić information content (AvgIpc) is 1.64. The van der Waals surface area contributed by atoms with Gasteiger partial charge in [0.2, 0.25) is 0 Å². The van der Waals surface area contributed by atoms with Gasteiger partial charge in [0, 0.05) is 56.6 Å². The molecule has 5 unspecified atom stereocenters. The van der Waals surface area contributed by atoms with E-state index in [9.17, 15) is 41.6 Å². The Morgan fingerprint density at radius 2 is 1.29 bits per heavy atom. The van der Waals surface area contributed by atoms with Crippen molar-refractivity contribution in [3.63, 3.8) is 0 Å². The molecule has 10 heterocycles. The average molecular weight is 1270 g/mol. The van der Waals surface area contributed by atoms with Gasteiger partial charge in [-0.1, -0.05) is 0 Å². The van der Waals surface area contributed by atoms with Crippen LogP contribution in [0.3, 0.4) is 0 Å². The van der Waals surface area contributed by atoms with Crippen molar-refractivity contribution in [1.82, 2.24) is 89.5 Å². The lowest BCUT2D eigenvalue weighted by molar-refractivity contribution is -0.141. The normalized spacial score (nSPS) is 18.4. The smallest absolute Gasteiger partial charge is 0.376 e. The number of hydrogen-bond donors (Lipinski definition) is 3. The maximum atomic E-state index is 14.7. The van der Waals surface area contributed by atoms with Crippen LogP contribution >= 0.6 is 0 Å². The number of amides is 3. The monoisotopic (exact) mass is 1270 g/mol. The molecule has 11 rings (SSSR count). The second kappa shape index (κ2) is 25.7. The molecule has 1 saturated heterocycles. The minimum absolute atomic E-state index is 0.0373. The number of nitrogens with one attached hydrogen (secondary N) is 3. The molecule has 9 aromatic rings. The summed E-state index contributed by atoms with van der Waals surface area (Å²) in [5, 5.41) is 19.5. The number of methoxy groups -OCH3 is 1. The van der Waals surface area contributed by atoms with Crippen molar-refractivity contribution in [2.75, 3.05) is 7.11 Å². The number of carbonyl (C=O) groups is 3. The quantitative estimate of drug-likeness (QED) is 0.0532. The molecule has 2 fully saturated rings. The van der Waals surface area contributed by atoms with Crippen LogP contribution in [0.5, 0.6) is 0 Å². The summed E-state index contributed by atoms with van der Waals surface area (Å²) in [6.45, 7) is 14.9. The van der Waals surface area contributed by atoms with Crippen molar-refractivity contribution in [3.8, 4) is 6.07 Å². The molecule has 1 aliphatic heterocycles. The summed E-state index contributed by atoms with van der Waals surface area (Å²) in [5.41, 5.74) is 1.94. The summed E-state index contributed by atoms with van der Waals surface area (Å²) in [6, 6.07) is 2.87. The lowest BCUT2D eigenvalue weighted by atomic mass is 9.96. The Balaban J connectivity index is 0.918. The standard InChI is InChI=1S/C63H68F5N19O5/c1-30-22-74-44(26-71-30)59(88)80-43(19-40-14-13-39(92-40)17-34(5)86-54-42(12-11-15-70-54)79-58(86)53(62(8,9)91-10)84-61(90)46-28-73-32(3)24-76-46)55-81-50-35(6)38(21-69)25-77-56(50)87(55)33(4)16-37-18-41(37)52(83-60(89)45-27-72-31(2)23-75-45)57-82-51-36(7)78-48(63(66,67)68)20-47(51)85(57)29-49(64)65/h11-12,15,20,22-28,33-34,37,39-41,43,49,52-53H,13-14,16-19,29H2,1-10H3,(H,80,88)(H,83,89)(H,84,90)/t33?,34?,37?,39?,40-,41?,43-,52-,53+/m0/s1. The number of nitriles is 1. The predicted octanol–water partition coefficient (Wildman–Crippen LogP) is 9.70. The number of pyridine rings is 3. The highest BCUT2D eigenvalue weighted by atomic mass is 19.4. The van der Waals surface area contributed by atoms with E-state index in [4.69, 9.17) is 29.4 Å². The molecule has 3 amide bonds. The fraction of sp³-hybridized carbons (Fsp3) is 0.460. The zero-order valence-corrected chi connectivity index (χ0v) is 52.2. The zero-order chi connectivity index (χ0) is 65.7. The first-order valence-corrected chi connectivity index (χ1v) is 30.1. The van der Waals surface area contributed by atoms with Gasteiger partial charge >= 0.3 is 6.18 Å². The van der Waals surface area contributed by atoms with Gasteiger partial charge in [-0.05, 0) is 130 Å². The Bertz CT molecular complexity index is 4280. The predicted molar refractivity (Wildman–Crippen MR) is 323 cm³/mol. The van der Waals surface area contributed by atoms with Crippen LogP contribution < -0.4 is 16.0 Å². The highest BCUT2D eigenvalue weighted by Crippen LogP contribution is 2.52. The van der Waals surface area contributed by atoms with Crippen LogP contribution in [0.4, 0.5) is 22.0 Å². The minimum atomic E-state index is -4.91. The van der Waals surface area contributed by atoms with Gasteiger partial charge < -0.3 is 39.1 Å². The second-order valence-corrected chi connectivity index (χ2v) is 24.4. The van der Waals surface area contributed by atoms with Crippen molar-refractivity contribution >= 4 is 51.1 Å². The second-order valence-electron chi connectivity index (χ2n) is 24.4. The van der Waals surface area contributed by atoms with Crippen LogP contribution in [0.2, 0.25) is 0 Å². The number of alkyl halides is 5. The van der Waals surface area contributed by atoms with Gasteiger partial charge in [-0.25, -0.2) is 53.6 Å². The fourth-order valence-electron chi connectivity index (χ4n) is 12.4. The summed E-state index contributed by atoms with van der Waals surface area (Å²) in [7, 11) is 1.56. The van der Waals surface area contributed by atoms with Crippen molar-refractivity contribution in [2.24, 2.45) is 11.8 Å². The molecule has 3 N–H and O–H groups in total. The van der Waals surface area contributed by atoms with E-state index in [0.717, 1.165) is 4.57 Å². The molecule has 0 radical (unpaired) electrons. The summed E-state index contributed by atoms with van der Waals surface area (Å²) in [4.78, 5) is 96.5. The highest BCUT2D eigenvalue weighted by Gasteiger charge is 2.48. The van der Waals surface area contributed by atoms with Crippen molar-refractivity contribution in [3.05, 3.63) is 142 Å². The third-order valence-electron chi connectivity index (χ3n) is 17.3. The summed E-state index contributed by atoms with van der Waals surface area (Å²) in [5.74, 6) is -1.77. The molecule has 0 spiro atoms. The molecule has 9 atom stereocenters. The number of imidazole rings is 3. The van der Waals surface area contributed by atoms with Gasteiger partial charge in [0.15, 0.2) is 11.3 Å². The Kier molecular flexibility index (Phi) is 17.9. The third-order valence-corrected chi connectivity index (χ3v) is 17.3. The first kappa shape index (κ1) is 64.1. The Labute approximate surface area is 524 Å². The van der Waals surface area contributed by atoms with Crippen molar-refractivity contribution in [2.45, 2.75) is 168 Å². The maximum Gasteiger partial charge on any atom is 0.433 e. The Morgan fingerprint density at radius 1 is 0.707 bits per heavy atom. The van der Waals surface area contributed by atoms with Gasteiger partial charge in [0.25, 0.3) is 24.1 Å². The third kappa shape index (κ3) is 13.2. The minimum Gasteiger partial charge on any atom is -0.376 e. The van der Waals surface area contributed by atoms with E-state index >= 15 is 0 Å². The number of nitrogens with zero attached hydrogens (tertiary/aromatic N) is 16. The number of aryl methyl sites for hydroxylation is 5. The highest BCUT2D eigenvalue weighted by molar-refractivity contribution is 5.93. The number of rotatable bonds is 22. The number of fused-ring (bicyclic) bond motifs is 3. The Morgan fingerprint density at radius 3 is 1.88 bits per heavy atom. The number of ether oxygens (including phenoxy) is 2. The first-order chi connectivity index (χ1) is 43.8. The number of hydrogen-bond acceptors (Lipinski definition) is 18. The van der Waals surface area contributed by atoms with Gasteiger partial charge in [0.05, 0.1) is 88.9 Å². The van der Waals surface area contributed by atoms with Crippen LogP contribution in [0, 0.1) is 57.8 Å². The van der Waals surface area contributed by atoms with Crippen LogP contribution in [-0.2, 0) is 22.2 Å². The number of halogens is 5. The zero-order valence-electron chi connectivity index (χ0n) is 52.2. The van der Waals surface area contributed by atoms with E-state index in [-0.39, 0.29) is 69.7 Å². The molecule has 0 aromatic carbocycles. The SMILES string of the molecule is COC(C)(C)[C@H](NC(=O)c1cnc(C)cn1)c1nc2cccnc2n1C(C)CC1CC[C@@H](C[C@H](NC(=O)c2cnc(C)cn2)c2nc3c(C)c(C#N)cnc3n2C(C)CC2CC2[C@H](NC(=O)c2cnc(C)cn2)c2nc3c(C)nc(C(F)(F)F)cc3n2CC(F)F)O1. The topological polar surface area (TPSA) is 299 Å². The lowest BCUT2D eigenvalue weighted by Crippen LogP contribution is -2.45. The van der Waals surface area contributed by atoms with Crippen LogP contribution in [-0.4, -0.2) is 123 Å². The molecular weight excluding hydrogens is 1200 g/mol. The summed E-state index contributed by atoms with van der Waals surface area (Å²) >= 11 is 0. The van der Waals surface area contributed by atoms with Gasteiger partial charge in [-0.3, -0.25) is 29.3 Å². The molecule has 2 aliphatic rings. The molecule has 480 valence electrons. The number of carbonyl (C=O) groups excluding carboxylic acids is 3. The maximum absolute atomic E-state index is 14.7. The van der Waals surface area contributed by atoms with Crippen LogP contribution in [0.1, 0.15) is 185 Å². The Hall–Kier alpha value is -9.43. The lowest BCUT2D eigenvalue weighted by Gasteiger charge is -2.34. The molecule has 1 aliphatic carbocycles. The van der Waals surface area contributed by atoms with Crippen LogP contribution in [0.25, 0.3) is 33.4 Å². The van der Waals surface area contributed by atoms with E-state index in [2.05, 4.69) is 61.9 Å². The molecule has 1 saturated carbocycles. The van der Waals surface area contributed by atoms with Gasteiger partial charge in [-0.15, -0.1) is 0 Å². The van der Waals surface area contributed by atoms with Crippen molar-refractivity contribution in [1.29, 1.82) is 5.26 Å². The van der Waals surface area contributed by atoms with E-state index < -0.39 is 84.4 Å². The molecule has 9 aromatic heterocycles. The largest absolute Gasteiger partial charge is 0.433 e. The molecular formula is C63H68F5N19O5. The van der Waals surface area contributed by atoms with E-state index in [1.807, 2.05) is 42.9 Å². The first-order valence-electron chi connectivity index (χ1n) is 30.1. The van der Waals surface area contributed by atoms with E-state index in [0.29, 0.717) is 94.8 Å². The molecule has 24 nitrogen and oxygen atoms in total. The fourth-order valence-corrected chi connectivity index (χ4v) is 12.4. The molecule has 0 bridgehead atoms. The van der Waals surface area contributed by atoms with Crippen LogP contribution in [0.15, 0.2) is 67.8 Å². The van der Waals surface area contributed by atoms with Crippen molar-refractivity contribution < 1.29 is 45.8 Å². The van der Waals surface area contributed by atoms with Gasteiger partial charge in [-0.2, -0.15) is 18.4 Å². The summed E-state index contributed by atoms with van der Waals surface area (Å²) < 4.78 is 90.0. The van der Waals surface area contributed by atoms with Gasteiger partial charge in [0.1, 0.15) is 68.9 Å². The molecule has 92 heavy (non-hydrogen) atoms. The van der Waals surface area contributed by atoms with E-state index in [1.54, 1.807) is 47.1 Å².